The number of nitrogens with two attached hydrogens (primary N) is 1. The lowest BCUT2D eigenvalue weighted by Gasteiger charge is -2.17. The second kappa shape index (κ2) is 10.7. The Morgan fingerprint density at radius 1 is 0.950 bits per heavy atom. The number of sulfonamides is 1. The molecule has 4 rings (SSSR count). The maximum absolute atomic E-state index is 13.2. The molecule has 0 heterocycles. The van der Waals surface area contributed by atoms with Gasteiger partial charge in [0.1, 0.15) is 5.82 Å². The second-order valence-corrected chi connectivity index (χ2v) is 10.9. The minimum absolute atomic E-state index is 0.0526. The first kappa shape index (κ1) is 29.3. The van der Waals surface area contributed by atoms with Gasteiger partial charge in [-0.05, 0) is 71.5 Å². The van der Waals surface area contributed by atoms with Gasteiger partial charge in [0.2, 0.25) is 10.0 Å². The van der Waals surface area contributed by atoms with Crippen molar-refractivity contribution in [3.8, 4) is 0 Å². The molecule has 3 aromatic carbocycles. The van der Waals surface area contributed by atoms with Crippen LogP contribution >= 0.6 is 0 Å². The number of hydrogen-bond donors (Lipinski definition) is 2. The molecule has 0 amide bonds. The smallest absolute Gasteiger partial charge is 0.398 e. The van der Waals surface area contributed by atoms with Crippen LogP contribution in [0.2, 0.25) is 0 Å². The van der Waals surface area contributed by atoms with Gasteiger partial charge in [-0.15, -0.1) is 0 Å². The van der Waals surface area contributed by atoms with Crippen molar-refractivity contribution in [2.24, 2.45) is 0 Å². The monoisotopic (exact) mass is 586 g/mol. The van der Waals surface area contributed by atoms with E-state index in [1.54, 1.807) is 18.2 Å². The van der Waals surface area contributed by atoms with Crippen molar-refractivity contribution in [1.82, 2.24) is 4.72 Å². The maximum Gasteiger partial charge on any atom is 0.416 e. The lowest BCUT2D eigenvalue weighted by molar-refractivity contribution is -0.143. The maximum atomic E-state index is 13.2. The molecule has 40 heavy (non-hydrogen) atoms. The Balaban J connectivity index is 1.51. The third-order valence-corrected chi connectivity index (χ3v) is 7.80. The number of hydrogen-bond acceptors (Lipinski definition) is 4. The third-order valence-electron chi connectivity index (χ3n) is 6.35. The number of halogens is 7. The number of rotatable bonds is 7. The number of fused-ring (bicyclic) bond motifs is 1. The van der Waals surface area contributed by atoms with Gasteiger partial charge >= 0.3 is 12.4 Å². The highest BCUT2D eigenvalue weighted by Gasteiger charge is 2.39. The molecule has 0 aliphatic heterocycles. The molecule has 0 bridgehead atoms. The van der Waals surface area contributed by atoms with Crippen LogP contribution in [0.3, 0.4) is 0 Å². The van der Waals surface area contributed by atoms with Crippen molar-refractivity contribution in [2.75, 3.05) is 5.73 Å². The highest BCUT2D eigenvalue weighted by Crippen LogP contribution is 2.38. The molecule has 13 heteroatoms. The summed E-state index contributed by atoms with van der Waals surface area (Å²) >= 11 is 0. The fraction of sp³-hybridized carbons (Fsp3) is 0.222. The largest absolute Gasteiger partial charge is 0.416 e. The summed E-state index contributed by atoms with van der Waals surface area (Å²) in [4.78, 5) is 11.2. The number of nitrogens with one attached hydrogen (secondary N) is 1. The van der Waals surface area contributed by atoms with E-state index in [2.05, 4.69) is 4.72 Å². The van der Waals surface area contributed by atoms with Crippen molar-refractivity contribution < 1.29 is 43.9 Å². The molecule has 212 valence electrons. The van der Waals surface area contributed by atoms with Crippen LogP contribution in [0.15, 0.2) is 65.6 Å². The van der Waals surface area contributed by atoms with E-state index in [9.17, 15) is 43.9 Å². The first-order chi connectivity index (χ1) is 18.5. The lowest BCUT2D eigenvalue weighted by Crippen LogP contribution is -2.28. The normalized spacial score (nSPS) is 15.9. The van der Waals surface area contributed by atoms with E-state index in [1.807, 2.05) is 0 Å². The van der Waals surface area contributed by atoms with Crippen LogP contribution in [-0.4, -0.2) is 14.2 Å². The average Bonchev–Trinajstić information content (AvgIpc) is 3.24. The molecule has 3 N–H and O–H groups in total. The molecular formula is C27H21F7N2O3S. The van der Waals surface area contributed by atoms with Crippen LogP contribution < -0.4 is 10.5 Å². The topological polar surface area (TPSA) is 89.3 Å². The molecule has 0 aromatic heterocycles. The van der Waals surface area contributed by atoms with Gasteiger partial charge in [0.25, 0.3) is 0 Å². The summed E-state index contributed by atoms with van der Waals surface area (Å²) in [5.41, 5.74) is 4.67. The van der Waals surface area contributed by atoms with Gasteiger partial charge in [0.15, 0.2) is 5.78 Å². The molecule has 3 aromatic rings. The number of nitrogen functional groups attached to an aromatic ring is 1. The fourth-order valence-corrected chi connectivity index (χ4v) is 5.68. The first-order valence-electron chi connectivity index (χ1n) is 11.7. The Morgan fingerprint density at radius 2 is 1.60 bits per heavy atom. The Hall–Kier alpha value is -3.71. The van der Waals surface area contributed by atoms with Crippen LogP contribution in [0, 0.1) is 5.82 Å². The van der Waals surface area contributed by atoms with Crippen LogP contribution in [0.1, 0.15) is 45.8 Å². The van der Waals surface area contributed by atoms with E-state index in [0.717, 1.165) is 6.07 Å². The molecule has 0 saturated heterocycles. The number of aryl methyl sites for hydroxylation is 1. The highest BCUT2D eigenvalue weighted by atomic mass is 32.2. The van der Waals surface area contributed by atoms with Crippen molar-refractivity contribution in [1.29, 1.82) is 0 Å². The number of ketones is 1. The standard InChI is InChI=1S/C27H21F7N2O3S/c28-20-5-3-17(24(35)14-20)10-21(37)6-1-15-2-7-23-16(9-15)4-8-25(23)36-40(38,39)22-12-18(26(29,30)31)11-19(13-22)27(32,33)34/h1-3,5-7,9,11-14,25,36H,4,8,10,35H2/b6-1+. The molecule has 0 radical (unpaired) electrons. The van der Waals surface area contributed by atoms with Crippen LogP contribution in [0.5, 0.6) is 0 Å². The fourth-order valence-electron chi connectivity index (χ4n) is 4.36. The minimum Gasteiger partial charge on any atom is -0.398 e. The molecule has 0 fully saturated rings. The summed E-state index contributed by atoms with van der Waals surface area (Å²) in [6.45, 7) is 0. The van der Waals surface area contributed by atoms with Crippen LogP contribution in [-0.2, 0) is 40.0 Å². The molecule has 1 atom stereocenters. The van der Waals surface area contributed by atoms with Gasteiger partial charge < -0.3 is 5.73 Å². The lowest BCUT2D eigenvalue weighted by atomic mass is 10.0. The van der Waals surface area contributed by atoms with Crippen LogP contribution in [0.25, 0.3) is 6.08 Å². The zero-order chi connectivity index (χ0) is 29.5. The number of anilines is 1. The highest BCUT2D eigenvalue weighted by molar-refractivity contribution is 7.89. The molecule has 0 spiro atoms. The summed E-state index contributed by atoms with van der Waals surface area (Å²) < 4.78 is 120. The average molecular weight is 587 g/mol. The van der Waals surface area contributed by atoms with Gasteiger partial charge in [0.05, 0.1) is 16.0 Å². The summed E-state index contributed by atoms with van der Waals surface area (Å²) in [7, 11) is -4.76. The number of carbonyl (C=O) groups excluding carboxylic acids is 1. The van der Waals surface area contributed by atoms with Gasteiger partial charge in [-0.25, -0.2) is 17.5 Å². The molecular weight excluding hydrogens is 565 g/mol. The van der Waals surface area contributed by atoms with Crippen LogP contribution in [0.4, 0.5) is 36.4 Å². The summed E-state index contributed by atoms with van der Waals surface area (Å²) in [6.07, 6.45) is -7.00. The van der Waals surface area contributed by atoms with Crippen molar-refractivity contribution in [2.45, 2.75) is 42.6 Å². The minimum atomic E-state index is -5.19. The van der Waals surface area contributed by atoms with Gasteiger partial charge in [0, 0.05) is 18.2 Å². The van der Waals surface area contributed by atoms with Crippen molar-refractivity contribution in [3.63, 3.8) is 0 Å². The van der Waals surface area contributed by atoms with E-state index >= 15 is 0 Å². The number of allylic oxidation sites excluding steroid dienone is 1. The molecule has 5 nitrogen and oxygen atoms in total. The van der Waals surface area contributed by atoms with Gasteiger partial charge in [-0.2, -0.15) is 26.3 Å². The zero-order valence-corrected chi connectivity index (χ0v) is 21.2. The molecule has 1 aliphatic rings. The van der Waals surface area contributed by atoms with E-state index < -0.39 is 50.3 Å². The Morgan fingerprint density at radius 3 is 2.20 bits per heavy atom. The summed E-state index contributed by atoms with van der Waals surface area (Å²) in [5, 5.41) is 0. The Bertz CT molecular complexity index is 1560. The molecule has 1 aliphatic carbocycles. The second-order valence-electron chi connectivity index (χ2n) is 9.23. The number of carbonyl (C=O) groups is 1. The third kappa shape index (κ3) is 6.70. The molecule has 0 saturated carbocycles. The molecule has 1 unspecified atom stereocenters. The predicted molar refractivity (Wildman–Crippen MR) is 133 cm³/mol. The van der Waals surface area contributed by atoms with Gasteiger partial charge in [-0.1, -0.05) is 30.3 Å². The zero-order valence-electron chi connectivity index (χ0n) is 20.4. The van der Waals surface area contributed by atoms with E-state index in [4.69, 9.17) is 5.73 Å². The predicted octanol–water partition coefficient (Wildman–Crippen LogP) is 6.24. The summed E-state index contributed by atoms with van der Waals surface area (Å²) in [5.74, 6) is -0.826. The van der Waals surface area contributed by atoms with E-state index in [-0.39, 0.29) is 42.5 Å². The summed E-state index contributed by atoms with van der Waals surface area (Å²) in [6, 6.07) is 7.88. The Labute approximate surface area is 224 Å². The van der Waals surface area contributed by atoms with E-state index in [1.165, 1.54) is 24.3 Å². The Kier molecular flexibility index (Phi) is 7.83. The quantitative estimate of drug-likeness (QED) is 0.195. The number of alkyl halides is 6. The SMILES string of the molecule is Nc1cc(F)ccc1CC(=O)/C=C/c1ccc2c(c1)CCC2NS(=O)(=O)c1cc(C(F)(F)F)cc(C(F)(F)F)c1. The van der Waals surface area contributed by atoms with Crippen molar-refractivity contribution >= 4 is 27.6 Å². The van der Waals surface area contributed by atoms with Crippen molar-refractivity contribution in [3.05, 3.63) is 99.9 Å². The number of benzene rings is 3. The first-order valence-corrected chi connectivity index (χ1v) is 13.2. The van der Waals surface area contributed by atoms with E-state index in [0.29, 0.717) is 28.7 Å². The van der Waals surface area contributed by atoms with Gasteiger partial charge in [-0.3, -0.25) is 4.79 Å².